The van der Waals surface area contributed by atoms with Crippen LogP contribution in [-0.2, 0) is 19.1 Å². The minimum absolute atomic E-state index is 0.00988. The van der Waals surface area contributed by atoms with Gasteiger partial charge in [0.2, 0.25) is 0 Å². The van der Waals surface area contributed by atoms with Gasteiger partial charge in [-0.3, -0.25) is 4.79 Å². The Labute approximate surface area is 161 Å². The van der Waals surface area contributed by atoms with Gasteiger partial charge in [-0.15, -0.1) is 0 Å². The average Bonchev–Trinajstić information content (AvgIpc) is 3.06. The SMILES string of the molecule is C=C(O)OC1CC(C)C23C=CC(=O)C2(C)C(OC(=O)C(C)=CC)C(C)(C)C13. The van der Waals surface area contributed by atoms with E-state index in [9.17, 15) is 14.7 Å². The molecule has 6 unspecified atom stereocenters. The molecule has 3 aliphatic carbocycles. The van der Waals surface area contributed by atoms with Crippen molar-refractivity contribution in [1.82, 2.24) is 0 Å². The van der Waals surface area contributed by atoms with E-state index in [4.69, 9.17) is 9.47 Å². The number of esters is 1. The molecule has 3 rings (SSSR count). The quantitative estimate of drug-likeness (QED) is 0.455. The zero-order valence-corrected chi connectivity index (χ0v) is 17.0. The van der Waals surface area contributed by atoms with Crippen molar-refractivity contribution in [3.05, 3.63) is 36.3 Å². The van der Waals surface area contributed by atoms with Gasteiger partial charge >= 0.3 is 5.97 Å². The molecular weight excluding hydrogens is 344 g/mol. The van der Waals surface area contributed by atoms with Crippen LogP contribution in [0.3, 0.4) is 0 Å². The van der Waals surface area contributed by atoms with Crippen LogP contribution in [0.25, 0.3) is 0 Å². The molecule has 0 aromatic carbocycles. The highest BCUT2D eigenvalue weighted by Crippen LogP contribution is 2.75. The van der Waals surface area contributed by atoms with Gasteiger partial charge in [-0.2, -0.15) is 0 Å². The Morgan fingerprint density at radius 1 is 1.33 bits per heavy atom. The second kappa shape index (κ2) is 5.98. The van der Waals surface area contributed by atoms with Gasteiger partial charge < -0.3 is 14.6 Å². The summed E-state index contributed by atoms with van der Waals surface area (Å²) in [4.78, 5) is 25.7. The Kier molecular flexibility index (Phi) is 4.37. The van der Waals surface area contributed by atoms with E-state index in [1.54, 1.807) is 26.0 Å². The minimum Gasteiger partial charge on any atom is -0.481 e. The molecule has 0 aliphatic heterocycles. The molecule has 3 aliphatic rings. The van der Waals surface area contributed by atoms with E-state index in [1.165, 1.54) is 0 Å². The summed E-state index contributed by atoms with van der Waals surface area (Å²) in [6, 6.07) is 0. The highest BCUT2D eigenvalue weighted by molar-refractivity contribution is 6.00. The third-order valence-electron chi connectivity index (χ3n) is 7.48. The summed E-state index contributed by atoms with van der Waals surface area (Å²) in [6.45, 7) is 15.1. The molecule has 148 valence electrons. The third-order valence-corrected chi connectivity index (χ3v) is 7.48. The molecule has 0 aromatic heterocycles. The van der Waals surface area contributed by atoms with Crippen molar-refractivity contribution in [2.45, 2.75) is 60.2 Å². The van der Waals surface area contributed by atoms with Gasteiger partial charge in [-0.1, -0.05) is 32.9 Å². The van der Waals surface area contributed by atoms with Crippen molar-refractivity contribution in [2.24, 2.45) is 28.1 Å². The molecule has 2 saturated carbocycles. The van der Waals surface area contributed by atoms with Crippen LogP contribution in [0.2, 0.25) is 0 Å². The van der Waals surface area contributed by atoms with E-state index in [-0.39, 0.29) is 29.7 Å². The number of ether oxygens (including phenoxy) is 2. The van der Waals surface area contributed by atoms with Crippen molar-refractivity contribution in [2.75, 3.05) is 0 Å². The summed E-state index contributed by atoms with van der Waals surface area (Å²) in [5.74, 6) is -0.696. The molecule has 0 heterocycles. The average molecular weight is 374 g/mol. The molecule has 0 radical (unpaired) electrons. The smallest absolute Gasteiger partial charge is 0.333 e. The number of aliphatic hydroxyl groups excluding tert-OH is 1. The van der Waals surface area contributed by atoms with E-state index in [0.717, 1.165) is 0 Å². The highest BCUT2D eigenvalue weighted by atomic mass is 16.6. The molecule has 2 fully saturated rings. The van der Waals surface area contributed by atoms with Crippen LogP contribution >= 0.6 is 0 Å². The van der Waals surface area contributed by atoms with Crippen LogP contribution in [0.4, 0.5) is 0 Å². The maximum atomic E-state index is 13.1. The van der Waals surface area contributed by atoms with E-state index in [2.05, 4.69) is 13.5 Å². The summed E-state index contributed by atoms with van der Waals surface area (Å²) in [5.41, 5.74) is -1.35. The van der Waals surface area contributed by atoms with Crippen LogP contribution in [-0.4, -0.2) is 29.1 Å². The van der Waals surface area contributed by atoms with Crippen molar-refractivity contribution >= 4 is 11.8 Å². The topological polar surface area (TPSA) is 72.8 Å². The lowest BCUT2D eigenvalue weighted by Crippen LogP contribution is -2.49. The summed E-state index contributed by atoms with van der Waals surface area (Å²) < 4.78 is 11.7. The van der Waals surface area contributed by atoms with Gasteiger partial charge in [-0.25, -0.2) is 4.79 Å². The Morgan fingerprint density at radius 2 is 1.96 bits per heavy atom. The summed E-state index contributed by atoms with van der Waals surface area (Å²) in [7, 11) is 0. The van der Waals surface area contributed by atoms with Gasteiger partial charge in [-0.05, 0) is 45.8 Å². The fraction of sp³-hybridized carbons (Fsp3) is 0.636. The normalized spacial score (nSPS) is 42.0. The Morgan fingerprint density at radius 3 is 2.52 bits per heavy atom. The van der Waals surface area contributed by atoms with Crippen molar-refractivity contribution in [1.29, 1.82) is 0 Å². The molecule has 0 bridgehead atoms. The summed E-state index contributed by atoms with van der Waals surface area (Å²) >= 11 is 0. The van der Waals surface area contributed by atoms with E-state index >= 15 is 0 Å². The van der Waals surface area contributed by atoms with Crippen LogP contribution in [0.1, 0.15) is 48.0 Å². The van der Waals surface area contributed by atoms with Crippen LogP contribution in [0, 0.1) is 28.1 Å². The van der Waals surface area contributed by atoms with E-state index in [0.29, 0.717) is 12.0 Å². The standard InChI is InChI=1S/C22H30O5/c1-8-12(2)18(25)27-19-20(5,6)17-15(26-14(4)23)11-13(3)22(17)10-9-16(24)21(19,22)7/h8-10,13,15,17,19,23H,4,11H2,1-3,5-7H3. The first kappa shape index (κ1) is 19.7. The zero-order valence-electron chi connectivity index (χ0n) is 17.0. The first-order valence-corrected chi connectivity index (χ1v) is 9.56. The maximum Gasteiger partial charge on any atom is 0.333 e. The molecular formula is C22H30O5. The molecule has 5 nitrogen and oxygen atoms in total. The number of hydrogen-bond donors (Lipinski definition) is 1. The molecule has 27 heavy (non-hydrogen) atoms. The number of allylic oxidation sites excluding steroid dienone is 3. The predicted molar refractivity (Wildman–Crippen MR) is 102 cm³/mol. The fourth-order valence-corrected chi connectivity index (χ4v) is 6.41. The second-order valence-corrected chi connectivity index (χ2v) is 9.08. The minimum atomic E-state index is -0.862. The van der Waals surface area contributed by atoms with Gasteiger partial charge in [0.15, 0.2) is 5.78 Å². The van der Waals surface area contributed by atoms with Gasteiger partial charge in [0, 0.05) is 22.3 Å². The lowest BCUT2D eigenvalue weighted by molar-refractivity contribution is -0.163. The van der Waals surface area contributed by atoms with Crippen LogP contribution in [0.5, 0.6) is 0 Å². The first-order valence-electron chi connectivity index (χ1n) is 9.56. The molecule has 1 N–H and O–H groups in total. The number of ketones is 1. The van der Waals surface area contributed by atoms with E-state index < -0.39 is 28.3 Å². The molecule has 0 aromatic rings. The van der Waals surface area contributed by atoms with Gasteiger partial charge in [0.1, 0.15) is 12.2 Å². The lowest BCUT2D eigenvalue weighted by Gasteiger charge is -2.41. The molecule has 0 amide bonds. The van der Waals surface area contributed by atoms with Gasteiger partial charge in [0.05, 0.1) is 5.41 Å². The van der Waals surface area contributed by atoms with E-state index in [1.807, 2.05) is 26.8 Å². The highest BCUT2D eigenvalue weighted by Gasteiger charge is 2.80. The lowest BCUT2D eigenvalue weighted by atomic mass is 9.61. The number of rotatable bonds is 4. The van der Waals surface area contributed by atoms with Crippen LogP contribution < -0.4 is 0 Å². The largest absolute Gasteiger partial charge is 0.481 e. The Balaban J connectivity index is 2.14. The molecule has 0 saturated heterocycles. The number of carbonyl (C=O) groups is 2. The Hall–Kier alpha value is -2.04. The number of hydrogen-bond acceptors (Lipinski definition) is 5. The first-order chi connectivity index (χ1) is 12.4. The van der Waals surface area contributed by atoms with Crippen molar-refractivity contribution in [3.8, 4) is 0 Å². The monoisotopic (exact) mass is 374 g/mol. The fourth-order valence-electron chi connectivity index (χ4n) is 6.41. The van der Waals surface area contributed by atoms with Gasteiger partial charge in [0.25, 0.3) is 5.95 Å². The maximum absolute atomic E-state index is 13.1. The summed E-state index contributed by atoms with van der Waals surface area (Å²) in [6.07, 6.45) is 5.16. The second-order valence-electron chi connectivity index (χ2n) is 9.08. The molecule has 5 heteroatoms. The number of carbonyl (C=O) groups excluding carboxylic acids is 2. The zero-order chi connectivity index (χ0) is 20.4. The molecule has 1 spiro atoms. The Bertz CT molecular complexity index is 761. The predicted octanol–water partition coefficient (Wildman–Crippen LogP) is 4.11. The third kappa shape index (κ3) is 2.29. The summed E-state index contributed by atoms with van der Waals surface area (Å²) in [5, 5.41) is 9.67. The van der Waals surface area contributed by atoms with Crippen molar-refractivity contribution < 1.29 is 24.2 Å². The van der Waals surface area contributed by atoms with Crippen LogP contribution in [0.15, 0.2) is 36.3 Å². The van der Waals surface area contributed by atoms with Crippen molar-refractivity contribution in [3.63, 3.8) is 0 Å². The number of aliphatic hydroxyl groups is 1. The molecule has 6 atom stereocenters.